The first kappa shape index (κ1) is 25.8. The fourth-order valence-corrected chi connectivity index (χ4v) is 4.16. The molecule has 0 fully saturated rings. The SMILES string of the molecule is Cc1cc(OCc2cccc(C(=O)Nc3c(C)nn(Cc4c(F)cccc4Cl)c3C)c2)ccc1[N+](=O)[O-]. The van der Waals surface area contributed by atoms with Crippen molar-refractivity contribution in [3.05, 3.63) is 115 Å². The third kappa shape index (κ3) is 5.78. The normalized spacial score (nSPS) is 10.8. The molecule has 10 heteroatoms. The number of nitrogens with one attached hydrogen (secondary N) is 1. The van der Waals surface area contributed by atoms with Gasteiger partial charge in [-0.25, -0.2) is 4.39 Å². The molecule has 0 atom stereocenters. The first-order chi connectivity index (χ1) is 17.6. The Balaban J connectivity index is 1.46. The van der Waals surface area contributed by atoms with Crippen LogP contribution >= 0.6 is 11.6 Å². The van der Waals surface area contributed by atoms with Crippen molar-refractivity contribution in [2.45, 2.75) is 33.9 Å². The third-order valence-corrected chi connectivity index (χ3v) is 6.30. The molecule has 0 spiro atoms. The second-order valence-electron chi connectivity index (χ2n) is 8.55. The highest BCUT2D eigenvalue weighted by Gasteiger charge is 2.18. The number of nitrogens with zero attached hydrogens (tertiary/aromatic N) is 3. The van der Waals surface area contributed by atoms with Crippen LogP contribution in [0.2, 0.25) is 5.02 Å². The molecule has 0 radical (unpaired) electrons. The van der Waals surface area contributed by atoms with E-state index in [-0.39, 0.29) is 24.7 Å². The number of rotatable bonds is 8. The monoisotopic (exact) mass is 522 g/mol. The number of hydrogen-bond donors (Lipinski definition) is 1. The molecule has 0 saturated carbocycles. The van der Waals surface area contributed by atoms with E-state index in [1.54, 1.807) is 67.9 Å². The smallest absolute Gasteiger partial charge is 0.272 e. The number of hydrogen-bond acceptors (Lipinski definition) is 5. The lowest BCUT2D eigenvalue weighted by Gasteiger charge is -2.10. The van der Waals surface area contributed by atoms with Crippen LogP contribution in [0.1, 0.15) is 38.4 Å². The molecule has 37 heavy (non-hydrogen) atoms. The molecule has 8 nitrogen and oxygen atoms in total. The molecule has 0 saturated heterocycles. The topological polar surface area (TPSA) is 99.3 Å². The Labute approximate surface area is 217 Å². The molecule has 0 aliphatic heterocycles. The van der Waals surface area contributed by atoms with E-state index in [4.69, 9.17) is 16.3 Å². The molecular weight excluding hydrogens is 499 g/mol. The Morgan fingerprint density at radius 2 is 1.89 bits per heavy atom. The van der Waals surface area contributed by atoms with Gasteiger partial charge in [-0.05, 0) is 62.7 Å². The number of carbonyl (C=O) groups is 1. The molecule has 190 valence electrons. The van der Waals surface area contributed by atoms with Gasteiger partial charge in [-0.15, -0.1) is 0 Å². The minimum atomic E-state index is -0.441. The number of aryl methyl sites for hydroxylation is 2. The summed E-state index contributed by atoms with van der Waals surface area (Å²) in [4.78, 5) is 23.6. The second kappa shape index (κ2) is 10.8. The van der Waals surface area contributed by atoms with Crippen molar-refractivity contribution in [1.29, 1.82) is 0 Å². The van der Waals surface area contributed by atoms with Gasteiger partial charge in [0.05, 0.1) is 28.5 Å². The van der Waals surface area contributed by atoms with Gasteiger partial charge < -0.3 is 10.1 Å². The summed E-state index contributed by atoms with van der Waals surface area (Å²) in [6.07, 6.45) is 0. The van der Waals surface area contributed by atoms with Crippen molar-refractivity contribution in [2.24, 2.45) is 0 Å². The number of aromatic nitrogens is 2. The first-order valence-corrected chi connectivity index (χ1v) is 11.8. The summed E-state index contributed by atoms with van der Waals surface area (Å²) in [7, 11) is 0. The van der Waals surface area contributed by atoms with E-state index >= 15 is 0 Å². The van der Waals surface area contributed by atoms with E-state index in [9.17, 15) is 19.3 Å². The van der Waals surface area contributed by atoms with E-state index in [0.29, 0.717) is 44.5 Å². The van der Waals surface area contributed by atoms with Crippen molar-refractivity contribution < 1.29 is 18.8 Å². The first-order valence-electron chi connectivity index (χ1n) is 11.4. The van der Waals surface area contributed by atoms with Crippen molar-refractivity contribution in [2.75, 3.05) is 5.32 Å². The number of halogens is 2. The number of nitro groups is 1. The lowest BCUT2D eigenvalue weighted by molar-refractivity contribution is -0.385. The van der Waals surface area contributed by atoms with E-state index in [1.807, 2.05) is 6.07 Å². The summed E-state index contributed by atoms with van der Waals surface area (Å²) >= 11 is 6.16. The van der Waals surface area contributed by atoms with E-state index in [0.717, 1.165) is 5.56 Å². The van der Waals surface area contributed by atoms with Gasteiger partial charge in [0.1, 0.15) is 18.2 Å². The van der Waals surface area contributed by atoms with Crippen molar-refractivity contribution in [3.8, 4) is 5.75 Å². The summed E-state index contributed by atoms with van der Waals surface area (Å²) in [5, 5.41) is 18.7. The zero-order valence-electron chi connectivity index (χ0n) is 20.4. The molecule has 4 rings (SSSR count). The standard InChI is InChI=1S/C27H24ClFN4O4/c1-16-12-21(10-11-25(16)33(35)36)37-15-19-6-4-7-20(13-19)27(34)30-26-17(2)31-32(18(26)3)14-22-23(28)8-5-9-24(22)29/h4-13H,14-15H2,1-3H3,(H,30,34). The number of ether oxygens (including phenoxy) is 1. The average Bonchev–Trinajstić information content (AvgIpc) is 3.12. The van der Waals surface area contributed by atoms with Gasteiger partial charge in [0.2, 0.25) is 0 Å². The number of carbonyl (C=O) groups excluding carboxylic acids is 1. The maximum Gasteiger partial charge on any atom is 0.272 e. The van der Waals surface area contributed by atoms with Crippen LogP contribution in [-0.4, -0.2) is 20.6 Å². The van der Waals surface area contributed by atoms with Gasteiger partial charge in [-0.1, -0.05) is 29.8 Å². The van der Waals surface area contributed by atoms with Gasteiger partial charge in [0, 0.05) is 27.8 Å². The predicted molar refractivity (Wildman–Crippen MR) is 139 cm³/mol. The number of nitro benzene ring substituents is 1. The van der Waals surface area contributed by atoms with Crippen LogP contribution in [0, 0.1) is 36.7 Å². The van der Waals surface area contributed by atoms with Gasteiger partial charge in [0.15, 0.2) is 0 Å². The molecule has 0 aliphatic rings. The second-order valence-corrected chi connectivity index (χ2v) is 8.96. The summed E-state index contributed by atoms with van der Waals surface area (Å²) in [6, 6.07) is 16.0. The van der Waals surface area contributed by atoms with Crippen LogP contribution < -0.4 is 10.1 Å². The van der Waals surface area contributed by atoms with Crippen LogP contribution in [0.5, 0.6) is 5.75 Å². The zero-order chi connectivity index (χ0) is 26.7. The molecule has 0 bridgehead atoms. The Hall–Kier alpha value is -4.24. The minimum absolute atomic E-state index is 0.0249. The molecule has 3 aromatic carbocycles. The van der Waals surface area contributed by atoms with Crippen LogP contribution in [-0.2, 0) is 13.2 Å². The van der Waals surface area contributed by atoms with Crippen LogP contribution in [0.3, 0.4) is 0 Å². The van der Waals surface area contributed by atoms with Gasteiger partial charge in [-0.2, -0.15) is 5.10 Å². The molecular formula is C27H24ClFN4O4. The lowest BCUT2D eigenvalue weighted by Crippen LogP contribution is -2.14. The summed E-state index contributed by atoms with van der Waals surface area (Å²) < 4.78 is 21.6. The molecule has 0 aliphatic carbocycles. The van der Waals surface area contributed by atoms with Gasteiger partial charge in [-0.3, -0.25) is 19.6 Å². The number of amides is 1. The van der Waals surface area contributed by atoms with E-state index in [2.05, 4.69) is 10.4 Å². The highest BCUT2D eigenvalue weighted by Crippen LogP contribution is 2.26. The quantitative estimate of drug-likeness (QED) is 0.213. The fraction of sp³-hybridized carbons (Fsp3) is 0.185. The molecule has 1 heterocycles. The van der Waals surface area contributed by atoms with Crippen molar-refractivity contribution in [3.63, 3.8) is 0 Å². The molecule has 0 unspecified atom stereocenters. The maximum atomic E-state index is 14.3. The van der Waals surface area contributed by atoms with Crippen molar-refractivity contribution >= 4 is 28.9 Å². The highest BCUT2D eigenvalue weighted by atomic mass is 35.5. The summed E-state index contributed by atoms with van der Waals surface area (Å²) in [5.74, 6) is -0.261. The zero-order valence-corrected chi connectivity index (χ0v) is 21.2. The lowest BCUT2D eigenvalue weighted by atomic mass is 10.1. The highest BCUT2D eigenvalue weighted by molar-refractivity contribution is 6.31. The molecule has 1 aromatic heterocycles. The van der Waals surface area contributed by atoms with Gasteiger partial charge in [0.25, 0.3) is 11.6 Å². The third-order valence-electron chi connectivity index (χ3n) is 5.95. The predicted octanol–water partition coefficient (Wildman–Crippen LogP) is 6.39. The Morgan fingerprint density at radius 3 is 2.59 bits per heavy atom. The van der Waals surface area contributed by atoms with Crippen molar-refractivity contribution in [1.82, 2.24) is 9.78 Å². The Bertz CT molecular complexity index is 1480. The average molecular weight is 523 g/mol. The van der Waals surface area contributed by atoms with Crippen LogP contribution in [0.15, 0.2) is 60.7 Å². The molecule has 4 aromatic rings. The van der Waals surface area contributed by atoms with Gasteiger partial charge >= 0.3 is 0 Å². The number of benzene rings is 3. The van der Waals surface area contributed by atoms with E-state index in [1.165, 1.54) is 12.1 Å². The van der Waals surface area contributed by atoms with Crippen LogP contribution in [0.25, 0.3) is 0 Å². The summed E-state index contributed by atoms with van der Waals surface area (Å²) in [6.45, 7) is 5.51. The fourth-order valence-electron chi connectivity index (χ4n) is 3.94. The minimum Gasteiger partial charge on any atom is -0.489 e. The van der Waals surface area contributed by atoms with Crippen LogP contribution in [0.4, 0.5) is 15.8 Å². The molecule has 1 amide bonds. The Kier molecular flexibility index (Phi) is 7.54. The maximum absolute atomic E-state index is 14.3. The number of anilines is 1. The summed E-state index contributed by atoms with van der Waals surface area (Å²) in [5.41, 5.74) is 3.82. The molecule has 1 N–H and O–H groups in total. The Morgan fingerprint density at radius 1 is 1.14 bits per heavy atom. The largest absolute Gasteiger partial charge is 0.489 e. The van der Waals surface area contributed by atoms with E-state index < -0.39 is 10.7 Å².